The molecule has 1 saturated heterocycles. The minimum atomic E-state index is -0.167. The number of nitrogens with one attached hydrogen (secondary N) is 1. The summed E-state index contributed by atoms with van der Waals surface area (Å²) in [6.45, 7) is 4.30. The van der Waals surface area contributed by atoms with Gasteiger partial charge in [-0.1, -0.05) is 6.07 Å². The van der Waals surface area contributed by atoms with Crippen LogP contribution in [-0.4, -0.2) is 60.9 Å². The van der Waals surface area contributed by atoms with Crippen LogP contribution in [0.15, 0.2) is 17.5 Å². The molecular formula is C13H19N3O2S. The molecule has 5 nitrogen and oxygen atoms in total. The van der Waals surface area contributed by atoms with Crippen LogP contribution in [0.2, 0.25) is 0 Å². The van der Waals surface area contributed by atoms with Crippen molar-refractivity contribution in [2.45, 2.75) is 13.0 Å². The van der Waals surface area contributed by atoms with E-state index in [1.54, 1.807) is 7.05 Å². The quantitative estimate of drug-likeness (QED) is 0.884. The highest BCUT2D eigenvalue weighted by molar-refractivity contribution is 7.12. The molecule has 6 heteroatoms. The molecule has 1 N–H and O–H groups in total. The van der Waals surface area contributed by atoms with Crippen LogP contribution in [0.25, 0.3) is 0 Å². The van der Waals surface area contributed by atoms with Gasteiger partial charge in [-0.25, -0.2) is 0 Å². The maximum Gasteiger partial charge on any atom is 0.264 e. The molecule has 2 amide bonds. The van der Waals surface area contributed by atoms with Crippen molar-refractivity contribution in [3.05, 3.63) is 22.4 Å². The Labute approximate surface area is 117 Å². The first-order valence-electron chi connectivity index (χ1n) is 6.42. The van der Waals surface area contributed by atoms with E-state index in [9.17, 15) is 9.59 Å². The molecule has 0 bridgehead atoms. The molecule has 1 aliphatic rings. The van der Waals surface area contributed by atoms with E-state index in [0.29, 0.717) is 26.2 Å². The number of carbonyl (C=O) groups is 2. The number of hydrogen-bond donors (Lipinski definition) is 1. The number of thiophene rings is 1. The lowest BCUT2D eigenvalue weighted by molar-refractivity contribution is -0.134. The molecule has 0 spiro atoms. The Kier molecular flexibility index (Phi) is 4.55. The number of piperazine rings is 1. The fourth-order valence-electron chi connectivity index (χ4n) is 2.08. The monoisotopic (exact) mass is 281 g/mol. The number of hydrogen-bond acceptors (Lipinski definition) is 4. The molecule has 0 radical (unpaired) electrons. The molecule has 1 atom stereocenters. The molecule has 2 rings (SSSR count). The predicted molar refractivity (Wildman–Crippen MR) is 75.3 cm³/mol. The maximum atomic E-state index is 12.1. The smallest absolute Gasteiger partial charge is 0.264 e. The van der Waals surface area contributed by atoms with Gasteiger partial charge in [-0.05, 0) is 25.4 Å². The standard InChI is InChI=1S/C13H19N3O2S/c1-10(14-2)12(17)15-5-7-16(8-6-15)13(18)11-4-3-9-19-11/h3-4,9-10,14H,5-8H2,1-2H3. The van der Waals surface area contributed by atoms with Crippen LogP contribution in [0.3, 0.4) is 0 Å². The van der Waals surface area contributed by atoms with Crippen molar-refractivity contribution in [3.8, 4) is 0 Å². The number of amides is 2. The van der Waals surface area contributed by atoms with Crippen LogP contribution in [0, 0.1) is 0 Å². The molecule has 1 unspecified atom stereocenters. The molecule has 2 heterocycles. The minimum Gasteiger partial charge on any atom is -0.338 e. The lowest BCUT2D eigenvalue weighted by atomic mass is 10.2. The second kappa shape index (κ2) is 6.16. The van der Waals surface area contributed by atoms with Crippen LogP contribution in [-0.2, 0) is 4.79 Å². The summed E-state index contributed by atoms with van der Waals surface area (Å²) in [7, 11) is 1.78. The zero-order valence-corrected chi connectivity index (χ0v) is 12.1. The van der Waals surface area contributed by atoms with Gasteiger partial charge in [0, 0.05) is 26.2 Å². The Hall–Kier alpha value is -1.40. The summed E-state index contributed by atoms with van der Waals surface area (Å²) in [5.41, 5.74) is 0. The molecule has 1 fully saturated rings. The number of carbonyl (C=O) groups excluding carboxylic acids is 2. The SMILES string of the molecule is CNC(C)C(=O)N1CCN(C(=O)c2cccs2)CC1. The van der Waals surface area contributed by atoms with Gasteiger partial charge in [0.1, 0.15) is 0 Å². The summed E-state index contributed by atoms with van der Waals surface area (Å²) in [5.74, 6) is 0.175. The van der Waals surface area contributed by atoms with Crippen LogP contribution in [0.1, 0.15) is 16.6 Å². The van der Waals surface area contributed by atoms with Crippen LogP contribution in [0.4, 0.5) is 0 Å². The summed E-state index contributed by atoms with van der Waals surface area (Å²) in [4.78, 5) is 28.5. The van der Waals surface area contributed by atoms with Gasteiger partial charge in [-0.15, -0.1) is 11.3 Å². The van der Waals surface area contributed by atoms with E-state index in [1.807, 2.05) is 34.2 Å². The van der Waals surface area contributed by atoms with E-state index < -0.39 is 0 Å². The Morgan fingerprint density at radius 1 is 1.26 bits per heavy atom. The number of nitrogens with zero attached hydrogens (tertiary/aromatic N) is 2. The molecule has 1 aliphatic heterocycles. The predicted octanol–water partition coefficient (Wildman–Crippen LogP) is 0.640. The fourth-order valence-corrected chi connectivity index (χ4v) is 2.77. The van der Waals surface area contributed by atoms with Gasteiger partial charge in [0.15, 0.2) is 0 Å². The van der Waals surface area contributed by atoms with E-state index in [-0.39, 0.29) is 17.9 Å². The second-order valence-electron chi connectivity index (χ2n) is 4.61. The third kappa shape index (κ3) is 3.13. The maximum absolute atomic E-state index is 12.1. The molecule has 0 saturated carbocycles. The van der Waals surface area contributed by atoms with Gasteiger partial charge >= 0.3 is 0 Å². The Morgan fingerprint density at radius 3 is 2.42 bits per heavy atom. The van der Waals surface area contributed by atoms with E-state index in [2.05, 4.69) is 5.32 Å². The highest BCUT2D eigenvalue weighted by Gasteiger charge is 2.26. The Morgan fingerprint density at radius 2 is 1.89 bits per heavy atom. The molecule has 0 aromatic carbocycles. The highest BCUT2D eigenvalue weighted by atomic mass is 32.1. The zero-order chi connectivity index (χ0) is 13.8. The van der Waals surface area contributed by atoms with E-state index >= 15 is 0 Å². The van der Waals surface area contributed by atoms with Gasteiger partial charge in [-0.3, -0.25) is 9.59 Å². The minimum absolute atomic E-state index is 0.0729. The third-order valence-electron chi connectivity index (χ3n) is 3.41. The van der Waals surface area contributed by atoms with Gasteiger partial charge in [0.25, 0.3) is 5.91 Å². The lowest BCUT2D eigenvalue weighted by Crippen LogP contribution is -2.54. The zero-order valence-electron chi connectivity index (χ0n) is 11.3. The summed E-state index contributed by atoms with van der Waals surface area (Å²) < 4.78 is 0. The van der Waals surface area contributed by atoms with Gasteiger partial charge < -0.3 is 15.1 Å². The average Bonchev–Trinajstić information content (AvgIpc) is 2.99. The van der Waals surface area contributed by atoms with Crippen LogP contribution in [0.5, 0.6) is 0 Å². The fraction of sp³-hybridized carbons (Fsp3) is 0.538. The summed E-state index contributed by atoms with van der Waals surface area (Å²) in [6.07, 6.45) is 0. The van der Waals surface area contributed by atoms with Crippen molar-refractivity contribution >= 4 is 23.2 Å². The van der Waals surface area contributed by atoms with E-state index in [0.717, 1.165) is 4.88 Å². The van der Waals surface area contributed by atoms with Crippen molar-refractivity contribution in [1.82, 2.24) is 15.1 Å². The van der Waals surface area contributed by atoms with E-state index in [1.165, 1.54) is 11.3 Å². The average molecular weight is 281 g/mol. The highest BCUT2D eigenvalue weighted by Crippen LogP contribution is 2.14. The Balaban J connectivity index is 1.89. The molecule has 1 aromatic heterocycles. The largest absolute Gasteiger partial charge is 0.338 e. The summed E-state index contributed by atoms with van der Waals surface area (Å²) in [5, 5.41) is 4.85. The van der Waals surface area contributed by atoms with Crippen molar-refractivity contribution in [2.75, 3.05) is 33.2 Å². The summed E-state index contributed by atoms with van der Waals surface area (Å²) >= 11 is 1.46. The molecule has 19 heavy (non-hydrogen) atoms. The van der Waals surface area contributed by atoms with Crippen molar-refractivity contribution in [1.29, 1.82) is 0 Å². The normalized spacial score (nSPS) is 17.4. The first kappa shape index (κ1) is 14.0. The van der Waals surface area contributed by atoms with Crippen molar-refractivity contribution in [3.63, 3.8) is 0 Å². The number of rotatable bonds is 3. The first-order valence-corrected chi connectivity index (χ1v) is 7.30. The van der Waals surface area contributed by atoms with Crippen LogP contribution < -0.4 is 5.32 Å². The third-order valence-corrected chi connectivity index (χ3v) is 4.27. The van der Waals surface area contributed by atoms with Crippen LogP contribution >= 0.6 is 11.3 Å². The molecule has 1 aromatic rings. The number of likely N-dealkylation sites (N-methyl/N-ethyl adjacent to an activating group) is 1. The van der Waals surface area contributed by atoms with Gasteiger partial charge in [-0.2, -0.15) is 0 Å². The Bertz CT molecular complexity index is 439. The lowest BCUT2D eigenvalue weighted by Gasteiger charge is -2.35. The molecule has 104 valence electrons. The van der Waals surface area contributed by atoms with Crippen molar-refractivity contribution in [2.24, 2.45) is 0 Å². The molecular weight excluding hydrogens is 262 g/mol. The first-order chi connectivity index (χ1) is 9.13. The van der Waals surface area contributed by atoms with Crippen molar-refractivity contribution < 1.29 is 9.59 Å². The second-order valence-corrected chi connectivity index (χ2v) is 5.55. The van der Waals surface area contributed by atoms with Gasteiger partial charge in [0.05, 0.1) is 10.9 Å². The van der Waals surface area contributed by atoms with Gasteiger partial charge in [0.2, 0.25) is 5.91 Å². The molecule has 0 aliphatic carbocycles. The topological polar surface area (TPSA) is 52.7 Å². The van der Waals surface area contributed by atoms with E-state index in [4.69, 9.17) is 0 Å². The summed E-state index contributed by atoms with van der Waals surface area (Å²) in [6, 6.07) is 3.56.